The number of anilines is 3. The molecule has 0 unspecified atom stereocenters. The molecule has 0 spiro atoms. The smallest absolute Gasteiger partial charge is 0.416 e. The highest BCUT2D eigenvalue weighted by molar-refractivity contribution is 6.03. The first-order chi connectivity index (χ1) is 21.2. The van der Waals surface area contributed by atoms with Crippen molar-refractivity contribution in [3.05, 3.63) is 65.0 Å². The van der Waals surface area contributed by atoms with Crippen LogP contribution in [0.3, 0.4) is 0 Å². The molecule has 45 heavy (non-hydrogen) atoms. The SMILES string of the molecule is Cc1noc(C)c1NC(=O)Nc1ccc2c(c1)C(=O)N([C@@H](C)CO)C[C@@H](C)[C@H](CN(C)C(=O)Nc1ccc(C(F)(F)F)cc1)O2. The van der Waals surface area contributed by atoms with E-state index in [1.165, 1.54) is 41.1 Å². The van der Waals surface area contributed by atoms with Crippen LogP contribution < -0.4 is 20.7 Å². The summed E-state index contributed by atoms with van der Waals surface area (Å²) < 4.78 is 50.0. The van der Waals surface area contributed by atoms with Gasteiger partial charge in [-0.05, 0) is 63.2 Å². The lowest BCUT2D eigenvalue weighted by molar-refractivity contribution is -0.137. The minimum atomic E-state index is -4.50. The molecule has 0 saturated heterocycles. The van der Waals surface area contributed by atoms with Crippen LogP contribution in [0.1, 0.15) is 41.2 Å². The first-order valence-corrected chi connectivity index (χ1v) is 14.1. The summed E-state index contributed by atoms with van der Waals surface area (Å²) in [5, 5.41) is 21.6. The third-order valence-electron chi connectivity index (χ3n) is 7.46. The standard InChI is InChI=1S/C30H35F3N6O6/c1-16-13-39(17(2)15-40)27(41)23-12-22(34-28(42)36-26-18(3)37-45-19(26)4)10-11-24(23)44-25(16)14-38(5)29(43)35-21-8-6-20(7-9-21)30(31,32)33/h6-12,16-17,25,40H,13-15H2,1-5H3,(H,35,43)(H2,34,36,42)/t16-,17+,25+/m1/s1. The summed E-state index contributed by atoms with van der Waals surface area (Å²) in [7, 11) is 1.51. The van der Waals surface area contributed by atoms with Gasteiger partial charge in [0.25, 0.3) is 5.91 Å². The van der Waals surface area contributed by atoms with E-state index < -0.39 is 41.9 Å². The Hall–Kier alpha value is -4.79. The molecule has 3 aromatic rings. The number of aromatic nitrogens is 1. The number of likely N-dealkylation sites (N-methyl/N-ethyl adjacent to an activating group) is 1. The van der Waals surface area contributed by atoms with Gasteiger partial charge in [0.1, 0.15) is 23.2 Å². The fourth-order valence-electron chi connectivity index (χ4n) is 4.77. The number of carbonyl (C=O) groups is 3. The Morgan fingerprint density at radius 1 is 1.11 bits per heavy atom. The highest BCUT2D eigenvalue weighted by Crippen LogP contribution is 2.32. The largest absolute Gasteiger partial charge is 0.487 e. The average Bonchev–Trinajstić information content (AvgIpc) is 3.30. The number of aliphatic hydroxyl groups is 1. The van der Waals surface area contributed by atoms with Gasteiger partial charge >= 0.3 is 18.2 Å². The number of amides is 5. The van der Waals surface area contributed by atoms with E-state index in [0.717, 1.165) is 12.1 Å². The molecule has 4 N–H and O–H groups in total. The number of aliphatic hydroxyl groups excluding tert-OH is 1. The van der Waals surface area contributed by atoms with Gasteiger partial charge in [0.2, 0.25) is 0 Å². The Balaban J connectivity index is 1.53. The predicted molar refractivity (Wildman–Crippen MR) is 159 cm³/mol. The monoisotopic (exact) mass is 632 g/mol. The number of carbonyl (C=O) groups excluding carboxylic acids is 3. The minimum Gasteiger partial charge on any atom is -0.487 e. The molecule has 1 aromatic heterocycles. The van der Waals surface area contributed by atoms with E-state index in [9.17, 15) is 32.7 Å². The quantitative estimate of drug-likeness (QED) is 0.275. The molecule has 0 aliphatic carbocycles. The summed E-state index contributed by atoms with van der Waals surface area (Å²) in [5.74, 6) is -0.0905. The van der Waals surface area contributed by atoms with Gasteiger partial charge in [0, 0.05) is 30.9 Å². The molecule has 3 atom stereocenters. The van der Waals surface area contributed by atoms with E-state index in [-0.39, 0.29) is 42.6 Å². The lowest BCUT2D eigenvalue weighted by Gasteiger charge is -2.38. The van der Waals surface area contributed by atoms with Crippen LogP contribution in [-0.4, -0.2) is 76.9 Å². The van der Waals surface area contributed by atoms with Gasteiger partial charge < -0.3 is 40.1 Å². The van der Waals surface area contributed by atoms with Gasteiger partial charge in [-0.2, -0.15) is 13.2 Å². The summed E-state index contributed by atoms with van der Waals surface area (Å²) in [4.78, 5) is 42.2. The van der Waals surface area contributed by atoms with Crippen LogP contribution in [0.25, 0.3) is 0 Å². The molecule has 242 valence electrons. The van der Waals surface area contributed by atoms with Crippen molar-refractivity contribution < 1.29 is 41.9 Å². The van der Waals surface area contributed by atoms with Crippen molar-refractivity contribution >= 4 is 35.0 Å². The molecule has 2 heterocycles. The number of nitrogens with one attached hydrogen (secondary N) is 3. The van der Waals surface area contributed by atoms with Crippen molar-refractivity contribution in [2.24, 2.45) is 5.92 Å². The number of rotatable bonds is 7. The van der Waals surface area contributed by atoms with Gasteiger partial charge in [0.05, 0.1) is 30.3 Å². The second kappa shape index (κ2) is 13.5. The van der Waals surface area contributed by atoms with E-state index in [4.69, 9.17) is 9.26 Å². The Morgan fingerprint density at radius 2 is 1.78 bits per heavy atom. The third kappa shape index (κ3) is 7.84. The summed E-state index contributed by atoms with van der Waals surface area (Å²) in [6, 6.07) is 6.94. The van der Waals surface area contributed by atoms with Crippen molar-refractivity contribution in [2.75, 3.05) is 42.7 Å². The Labute approximate surface area is 257 Å². The van der Waals surface area contributed by atoms with Crippen molar-refractivity contribution in [3.8, 4) is 5.75 Å². The third-order valence-corrected chi connectivity index (χ3v) is 7.46. The Bertz CT molecular complexity index is 1520. The van der Waals surface area contributed by atoms with E-state index in [0.29, 0.717) is 22.8 Å². The van der Waals surface area contributed by atoms with E-state index in [2.05, 4.69) is 21.1 Å². The van der Waals surface area contributed by atoms with Crippen LogP contribution in [0.2, 0.25) is 0 Å². The topological polar surface area (TPSA) is 149 Å². The molecular weight excluding hydrogens is 597 g/mol. The van der Waals surface area contributed by atoms with Gasteiger partial charge in [-0.15, -0.1) is 0 Å². The molecule has 2 aromatic carbocycles. The molecule has 4 rings (SSSR count). The second-order valence-corrected chi connectivity index (χ2v) is 11.0. The summed E-state index contributed by atoms with van der Waals surface area (Å²) in [6.45, 7) is 6.82. The average molecular weight is 633 g/mol. The first-order valence-electron chi connectivity index (χ1n) is 14.1. The minimum absolute atomic E-state index is 0.0580. The maximum Gasteiger partial charge on any atom is 0.416 e. The highest BCUT2D eigenvalue weighted by Gasteiger charge is 2.34. The number of aryl methyl sites for hydroxylation is 2. The number of hydrogen-bond donors (Lipinski definition) is 4. The summed E-state index contributed by atoms with van der Waals surface area (Å²) in [6.07, 6.45) is -5.13. The van der Waals surface area contributed by atoms with E-state index in [1.807, 2.05) is 6.92 Å². The number of benzene rings is 2. The fourth-order valence-corrected chi connectivity index (χ4v) is 4.77. The highest BCUT2D eigenvalue weighted by atomic mass is 19.4. The van der Waals surface area contributed by atoms with Crippen LogP contribution in [0, 0.1) is 19.8 Å². The summed E-state index contributed by atoms with van der Waals surface area (Å²) >= 11 is 0. The van der Waals surface area contributed by atoms with Crippen molar-refractivity contribution in [1.29, 1.82) is 0 Å². The zero-order valence-electron chi connectivity index (χ0n) is 25.4. The lowest BCUT2D eigenvalue weighted by Crippen LogP contribution is -2.50. The predicted octanol–water partition coefficient (Wildman–Crippen LogP) is 5.34. The van der Waals surface area contributed by atoms with Crippen LogP contribution >= 0.6 is 0 Å². The number of halogens is 3. The Kier molecular flexibility index (Phi) is 9.91. The molecule has 12 nitrogen and oxygen atoms in total. The lowest BCUT2D eigenvalue weighted by atomic mass is 9.99. The second-order valence-electron chi connectivity index (χ2n) is 11.0. The molecule has 0 fully saturated rings. The van der Waals surface area contributed by atoms with Crippen LogP contribution in [-0.2, 0) is 6.18 Å². The van der Waals surface area contributed by atoms with E-state index in [1.54, 1.807) is 26.8 Å². The van der Waals surface area contributed by atoms with Crippen molar-refractivity contribution in [2.45, 2.75) is 46.0 Å². The van der Waals surface area contributed by atoms with Crippen molar-refractivity contribution in [3.63, 3.8) is 0 Å². The number of nitrogens with zero attached hydrogens (tertiary/aromatic N) is 3. The maximum atomic E-state index is 13.7. The number of ether oxygens (including phenoxy) is 1. The molecule has 0 saturated carbocycles. The molecule has 15 heteroatoms. The van der Waals surface area contributed by atoms with Crippen LogP contribution in [0.15, 0.2) is 47.0 Å². The molecule has 1 aliphatic rings. The zero-order valence-corrected chi connectivity index (χ0v) is 25.4. The number of urea groups is 2. The number of alkyl halides is 3. The normalized spacial score (nSPS) is 17.4. The van der Waals surface area contributed by atoms with E-state index >= 15 is 0 Å². The number of fused-ring (bicyclic) bond motifs is 1. The fraction of sp³-hybridized carbons (Fsp3) is 0.400. The van der Waals surface area contributed by atoms with Crippen molar-refractivity contribution in [1.82, 2.24) is 15.0 Å². The maximum absolute atomic E-state index is 13.7. The van der Waals surface area contributed by atoms with Gasteiger partial charge in [0.15, 0.2) is 5.76 Å². The van der Waals surface area contributed by atoms with Crippen LogP contribution in [0.4, 0.5) is 39.8 Å². The van der Waals surface area contributed by atoms with Gasteiger partial charge in [-0.25, -0.2) is 9.59 Å². The molecule has 0 bridgehead atoms. The first kappa shape index (κ1) is 33.1. The van der Waals surface area contributed by atoms with Crippen LogP contribution in [0.5, 0.6) is 5.75 Å². The Morgan fingerprint density at radius 3 is 2.38 bits per heavy atom. The molecule has 5 amide bonds. The summed E-state index contributed by atoms with van der Waals surface area (Å²) in [5.41, 5.74) is 0.702. The zero-order chi connectivity index (χ0) is 33.1. The molecular formula is C30H35F3N6O6. The van der Waals surface area contributed by atoms with Gasteiger partial charge in [-0.1, -0.05) is 12.1 Å². The molecule has 1 aliphatic heterocycles. The molecule has 0 radical (unpaired) electrons. The number of hydrogen-bond acceptors (Lipinski definition) is 7. The van der Waals surface area contributed by atoms with Gasteiger partial charge in [-0.3, -0.25) is 4.79 Å².